The summed E-state index contributed by atoms with van der Waals surface area (Å²) in [5.74, 6) is -2.20. The third kappa shape index (κ3) is 2.72. The number of nitrogens with zero attached hydrogens (tertiary/aromatic N) is 1. The molecule has 0 amide bonds. The van der Waals surface area contributed by atoms with Gasteiger partial charge in [0.15, 0.2) is 5.84 Å². The quantitative estimate of drug-likeness (QED) is 0.324. The monoisotopic (exact) mass is 307 g/mol. The fourth-order valence-electron chi connectivity index (χ4n) is 4.50. The van der Waals surface area contributed by atoms with Gasteiger partial charge in [0.1, 0.15) is 5.92 Å². The van der Waals surface area contributed by atoms with Crippen molar-refractivity contribution in [3.63, 3.8) is 0 Å². The van der Waals surface area contributed by atoms with Gasteiger partial charge < -0.3 is 16.3 Å². The van der Waals surface area contributed by atoms with E-state index in [9.17, 15) is 13.2 Å². The van der Waals surface area contributed by atoms with Crippen molar-refractivity contribution in [3.05, 3.63) is 0 Å². The molecule has 21 heavy (non-hydrogen) atoms. The van der Waals surface area contributed by atoms with Crippen LogP contribution in [0, 0.1) is 22.7 Å². The molecule has 122 valence electrons. The summed E-state index contributed by atoms with van der Waals surface area (Å²) in [6.07, 6.45) is -1.28. The van der Waals surface area contributed by atoms with Crippen molar-refractivity contribution in [3.8, 4) is 0 Å². The van der Waals surface area contributed by atoms with Crippen LogP contribution in [0.3, 0.4) is 0 Å². The Morgan fingerprint density at radius 2 is 2.05 bits per heavy atom. The molecule has 0 heterocycles. The molecule has 4 atom stereocenters. The van der Waals surface area contributed by atoms with Gasteiger partial charge in [-0.2, -0.15) is 13.2 Å². The van der Waals surface area contributed by atoms with Gasteiger partial charge in [-0.05, 0) is 36.0 Å². The van der Waals surface area contributed by atoms with Crippen LogP contribution in [0.2, 0.25) is 0 Å². The molecule has 4 N–H and O–H groups in total. The average Bonchev–Trinajstić information content (AvgIpc) is 2.82. The van der Waals surface area contributed by atoms with Crippen molar-refractivity contribution in [1.29, 1.82) is 0 Å². The van der Waals surface area contributed by atoms with Gasteiger partial charge >= 0.3 is 6.18 Å². The number of nitrogens with two attached hydrogens (primary N) is 1. The van der Waals surface area contributed by atoms with Gasteiger partial charge in [-0.15, -0.1) is 0 Å². The molecule has 2 bridgehead atoms. The van der Waals surface area contributed by atoms with Gasteiger partial charge in [0, 0.05) is 12.6 Å². The Balaban J connectivity index is 2.11. The topological polar surface area (TPSA) is 70.6 Å². The normalized spacial score (nSPS) is 37.0. The third-order valence-electron chi connectivity index (χ3n) is 5.66. The lowest BCUT2D eigenvalue weighted by Gasteiger charge is -2.44. The summed E-state index contributed by atoms with van der Waals surface area (Å²) in [6, 6.07) is 0.0140. The first-order chi connectivity index (χ1) is 9.52. The van der Waals surface area contributed by atoms with E-state index >= 15 is 0 Å². The maximum absolute atomic E-state index is 13.0. The predicted molar refractivity (Wildman–Crippen MR) is 74.0 cm³/mol. The Hall–Kier alpha value is -0.980. The molecule has 7 heteroatoms. The maximum Gasteiger partial charge on any atom is 0.400 e. The molecule has 2 rings (SSSR count). The number of rotatable bonds is 4. The number of nitrogens with one attached hydrogen (secondary N) is 1. The molecular weight excluding hydrogens is 283 g/mol. The van der Waals surface area contributed by atoms with Crippen molar-refractivity contribution in [2.45, 2.75) is 52.3 Å². The number of alkyl halides is 3. The fraction of sp³-hybridized carbons (Fsp3) is 0.929. The van der Waals surface area contributed by atoms with Gasteiger partial charge in [0.2, 0.25) is 0 Å². The second kappa shape index (κ2) is 5.04. The van der Waals surface area contributed by atoms with Crippen molar-refractivity contribution in [1.82, 2.24) is 5.32 Å². The van der Waals surface area contributed by atoms with Crippen LogP contribution in [0.15, 0.2) is 5.16 Å². The van der Waals surface area contributed by atoms with Gasteiger partial charge in [-0.25, -0.2) is 0 Å². The molecule has 2 aliphatic carbocycles. The molecule has 2 saturated carbocycles. The van der Waals surface area contributed by atoms with Crippen molar-refractivity contribution in [2.75, 3.05) is 6.54 Å². The van der Waals surface area contributed by atoms with Gasteiger partial charge in [-0.1, -0.05) is 25.9 Å². The minimum Gasteiger partial charge on any atom is -0.409 e. The summed E-state index contributed by atoms with van der Waals surface area (Å²) >= 11 is 0. The van der Waals surface area contributed by atoms with Crippen LogP contribution in [-0.4, -0.2) is 29.8 Å². The number of hydrogen-bond donors (Lipinski definition) is 3. The smallest absolute Gasteiger partial charge is 0.400 e. The van der Waals surface area contributed by atoms with Crippen molar-refractivity contribution in [2.24, 2.45) is 33.6 Å². The van der Waals surface area contributed by atoms with E-state index in [4.69, 9.17) is 10.9 Å². The first-order valence-corrected chi connectivity index (χ1v) is 7.30. The number of amidine groups is 1. The minimum absolute atomic E-state index is 0.0140. The third-order valence-corrected chi connectivity index (χ3v) is 5.66. The highest BCUT2D eigenvalue weighted by Gasteiger charge is 2.59. The zero-order valence-corrected chi connectivity index (χ0v) is 12.7. The van der Waals surface area contributed by atoms with Gasteiger partial charge in [0.25, 0.3) is 0 Å². The molecule has 0 radical (unpaired) electrons. The summed E-state index contributed by atoms with van der Waals surface area (Å²) in [6.45, 7) is 6.03. The highest BCUT2D eigenvalue weighted by Crippen LogP contribution is 2.62. The van der Waals surface area contributed by atoms with E-state index in [1.165, 1.54) is 0 Å². The second-order valence-corrected chi connectivity index (χ2v) is 7.38. The lowest BCUT2D eigenvalue weighted by molar-refractivity contribution is -0.156. The Bertz CT molecular complexity index is 431. The Kier molecular flexibility index (Phi) is 3.93. The molecule has 0 aromatic heterocycles. The first-order valence-electron chi connectivity index (χ1n) is 7.30. The van der Waals surface area contributed by atoms with Gasteiger partial charge in [0.05, 0.1) is 0 Å². The average molecular weight is 307 g/mol. The number of fused-ring (bicyclic) bond motifs is 2. The lowest BCUT2D eigenvalue weighted by Crippen LogP contribution is -2.54. The van der Waals surface area contributed by atoms with E-state index in [2.05, 4.69) is 31.2 Å². The molecule has 0 aliphatic heterocycles. The predicted octanol–water partition coefficient (Wildman–Crippen LogP) is 2.72. The molecule has 0 saturated heterocycles. The summed E-state index contributed by atoms with van der Waals surface area (Å²) in [4.78, 5) is 0. The maximum atomic E-state index is 13.0. The minimum atomic E-state index is -4.52. The Morgan fingerprint density at radius 1 is 1.43 bits per heavy atom. The first kappa shape index (κ1) is 16.4. The van der Waals surface area contributed by atoms with E-state index in [1.807, 2.05) is 0 Å². The SMILES string of the molecule is CC12CCC(C1)C(C)(C)C2NCC(C(N)=NO)C(F)(F)F. The van der Waals surface area contributed by atoms with Crippen LogP contribution in [0.4, 0.5) is 13.2 Å². The molecule has 4 nitrogen and oxygen atoms in total. The molecule has 2 fully saturated rings. The number of oxime groups is 1. The zero-order chi connectivity index (χ0) is 16.1. The largest absolute Gasteiger partial charge is 0.409 e. The van der Waals surface area contributed by atoms with Crippen molar-refractivity contribution < 1.29 is 18.4 Å². The second-order valence-electron chi connectivity index (χ2n) is 7.38. The molecule has 2 aliphatic rings. The zero-order valence-electron chi connectivity index (χ0n) is 12.7. The van der Waals surface area contributed by atoms with Crippen molar-refractivity contribution >= 4 is 5.84 Å². The summed E-state index contributed by atoms with van der Waals surface area (Å²) in [5.41, 5.74) is 5.21. The number of hydrogen-bond acceptors (Lipinski definition) is 3. The van der Waals surface area contributed by atoms with Crippen LogP contribution in [0.5, 0.6) is 0 Å². The van der Waals surface area contributed by atoms with Crippen LogP contribution in [0.25, 0.3) is 0 Å². The molecule has 4 unspecified atom stereocenters. The summed E-state index contributed by atoms with van der Waals surface area (Å²) in [5, 5.41) is 14.2. The van der Waals surface area contributed by atoms with E-state index < -0.39 is 17.9 Å². The molecule has 0 aromatic carbocycles. The highest BCUT2D eigenvalue weighted by molar-refractivity contribution is 5.83. The van der Waals surface area contributed by atoms with E-state index in [-0.39, 0.29) is 23.4 Å². The standard InChI is InChI=1S/C14H24F3N3O/c1-12(2)8-4-5-13(3,6-8)11(12)19-7-9(10(18)20-21)14(15,16)17/h8-9,11,19,21H,4-7H2,1-3H3,(H2,18,20). The number of halogens is 3. The lowest BCUT2D eigenvalue weighted by atomic mass is 9.68. The fourth-order valence-corrected chi connectivity index (χ4v) is 4.50. The highest BCUT2D eigenvalue weighted by atomic mass is 19.4. The van der Waals surface area contributed by atoms with Gasteiger partial charge in [-0.3, -0.25) is 0 Å². The van der Waals surface area contributed by atoms with E-state index in [0.717, 1.165) is 19.3 Å². The Morgan fingerprint density at radius 3 is 2.48 bits per heavy atom. The molecule has 0 spiro atoms. The van der Waals surface area contributed by atoms with Crippen LogP contribution in [0.1, 0.15) is 40.0 Å². The molecular formula is C14H24F3N3O. The summed E-state index contributed by atoms with van der Waals surface area (Å²) < 4.78 is 39.0. The van der Waals surface area contributed by atoms with E-state index in [0.29, 0.717) is 5.92 Å². The van der Waals surface area contributed by atoms with Crippen LogP contribution in [-0.2, 0) is 0 Å². The van der Waals surface area contributed by atoms with E-state index in [1.54, 1.807) is 0 Å². The van der Waals surface area contributed by atoms with Crippen LogP contribution < -0.4 is 11.1 Å². The molecule has 0 aromatic rings. The van der Waals surface area contributed by atoms with Crippen LogP contribution >= 0.6 is 0 Å². The summed E-state index contributed by atoms with van der Waals surface area (Å²) in [7, 11) is 0. The Labute approximate surface area is 123 Å².